The van der Waals surface area contributed by atoms with Crippen LogP contribution in [-0.2, 0) is 18.3 Å². The number of aliphatic carboxylic acids is 1. The fourth-order valence-electron chi connectivity index (χ4n) is 6.15. The lowest BCUT2D eigenvalue weighted by atomic mass is 9.98. The van der Waals surface area contributed by atoms with Crippen molar-refractivity contribution in [2.75, 3.05) is 6.61 Å². The van der Waals surface area contributed by atoms with Crippen LogP contribution in [0.4, 0.5) is 0 Å². The molecule has 4 aromatic rings. The van der Waals surface area contributed by atoms with Crippen LogP contribution in [-0.4, -0.2) is 44.4 Å². The summed E-state index contributed by atoms with van der Waals surface area (Å²) < 4.78 is 7.89. The van der Waals surface area contributed by atoms with E-state index in [0.717, 1.165) is 60.9 Å². The van der Waals surface area contributed by atoms with Gasteiger partial charge < -0.3 is 20.1 Å². The third-order valence-electron chi connectivity index (χ3n) is 8.38. The van der Waals surface area contributed by atoms with Gasteiger partial charge in [0.15, 0.2) is 0 Å². The zero-order valence-electron chi connectivity index (χ0n) is 24.5. The predicted molar refractivity (Wildman–Crippen MR) is 166 cm³/mol. The summed E-state index contributed by atoms with van der Waals surface area (Å²) in [6, 6.07) is 7.49. The van der Waals surface area contributed by atoms with E-state index in [1.807, 2.05) is 63.7 Å². The third-order valence-corrected chi connectivity index (χ3v) is 9.30. The van der Waals surface area contributed by atoms with Crippen LogP contribution in [0.2, 0.25) is 10.0 Å². The first kappa shape index (κ1) is 30.0. The minimum Gasteiger partial charge on any atom is -0.494 e. The van der Waals surface area contributed by atoms with Crippen molar-refractivity contribution in [3.05, 3.63) is 68.1 Å². The van der Waals surface area contributed by atoms with E-state index in [1.165, 1.54) is 0 Å². The number of amides is 1. The molecule has 1 amide bonds. The summed E-state index contributed by atoms with van der Waals surface area (Å²) in [7, 11) is 1.90. The van der Waals surface area contributed by atoms with E-state index in [9.17, 15) is 14.7 Å². The quantitative estimate of drug-likeness (QED) is 0.175. The largest absolute Gasteiger partial charge is 0.494 e. The molecule has 10 heteroatoms. The van der Waals surface area contributed by atoms with Crippen molar-refractivity contribution in [1.29, 1.82) is 0 Å². The zero-order valence-corrected chi connectivity index (χ0v) is 26.0. The number of carbonyl (C=O) groups is 2. The van der Waals surface area contributed by atoms with Gasteiger partial charge in [0.1, 0.15) is 11.4 Å². The van der Waals surface area contributed by atoms with Gasteiger partial charge in [-0.1, -0.05) is 29.3 Å². The average molecular weight is 612 g/mol. The molecule has 2 heterocycles. The molecule has 42 heavy (non-hydrogen) atoms. The molecule has 2 aromatic heterocycles. The van der Waals surface area contributed by atoms with E-state index in [2.05, 4.69) is 15.4 Å². The number of carboxylic acids is 1. The van der Waals surface area contributed by atoms with E-state index < -0.39 is 11.9 Å². The van der Waals surface area contributed by atoms with Gasteiger partial charge in [0, 0.05) is 40.3 Å². The van der Waals surface area contributed by atoms with Crippen molar-refractivity contribution in [3.8, 4) is 16.9 Å². The minimum absolute atomic E-state index is 0.191. The van der Waals surface area contributed by atoms with E-state index in [-0.39, 0.29) is 11.9 Å². The molecule has 0 aliphatic heterocycles. The highest BCUT2D eigenvalue weighted by molar-refractivity contribution is 6.35. The van der Waals surface area contributed by atoms with E-state index in [0.29, 0.717) is 49.4 Å². The monoisotopic (exact) mass is 610 g/mol. The summed E-state index contributed by atoms with van der Waals surface area (Å²) >= 11 is 13.1. The fourth-order valence-corrected chi connectivity index (χ4v) is 6.51. The fraction of sp³-hybridized carbons (Fsp3) is 0.406. The van der Waals surface area contributed by atoms with Crippen LogP contribution in [0.25, 0.3) is 22.0 Å². The molecular weight excluding hydrogens is 575 g/mol. The van der Waals surface area contributed by atoms with Crippen LogP contribution in [0.3, 0.4) is 0 Å². The number of aryl methyl sites for hydroxylation is 5. The molecule has 8 nitrogen and oxygen atoms in total. The number of rotatable bonds is 9. The number of carbonyl (C=O) groups excluding carboxylic acids is 1. The number of fused-ring (bicyclic) bond motifs is 1. The maximum Gasteiger partial charge on any atom is 0.306 e. The van der Waals surface area contributed by atoms with Gasteiger partial charge in [-0.2, -0.15) is 5.10 Å². The molecule has 1 aliphatic carbocycles. The SMILES string of the molecule is Cc1cc(OCCCc2c(C(=O)N[C@H]3CC[C@@H](C(=O)O)C3)[nH]c3c(-c4c(C)nn(C)c4C)c(Cl)ccc23)cc(C)c1Cl. The first-order chi connectivity index (χ1) is 20.0. The Morgan fingerprint density at radius 1 is 1.12 bits per heavy atom. The summed E-state index contributed by atoms with van der Waals surface area (Å²) in [5.41, 5.74) is 7.61. The highest BCUT2D eigenvalue weighted by Crippen LogP contribution is 2.40. The number of ether oxygens (including phenoxy) is 1. The summed E-state index contributed by atoms with van der Waals surface area (Å²) in [5.74, 6) is -0.733. The Labute approximate surface area is 255 Å². The maximum absolute atomic E-state index is 13.7. The molecule has 3 N–H and O–H groups in total. The molecule has 5 rings (SSSR count). The van der Waals surface area contributed by atoms with Crippen molar-refractivity contribution in [1.82, 2.24) is 20.1 Å². The zero-order chi connectivity index (χ0) is 30.3. The Kier molecular flexibility index (Phi) is 8.58. The van der Waals surface area contributed by atoms with Crippen molar-refractivity contribution in [2.45, 2.75) is 65.8 Å². The normalized spacial score (nSPS) is 16.7. The molecular formula is C32H36Cl2N4O4. The number of benzene rings is 2. The second-order valence-electron chi connectivity index (χ2n) is 11.3. The van der Waals surface area contributed by atoms with Crippen LogP contribution in [0.1, 0.15) is 64.2 Å². The molecule has 1 fully saturated rings. The van der Waals surface area contributed by atoms with Gasteiger partial charge in [0.2, 0.25) is 0 Å². The van der Waals surface area contributed by atoms with Crippen molar-refractivity contribution in [2.24, 2.45) is 13.0 Å². The lowest BCUT2D eigenvalue weighted by Crippen LogP contribution is -2.34. The van der Waals surface area contributed by atoms with Gasteiger partial charge in [-0.15, -0.1) is 0 Å². The Bertz CT molecular complexity index is 1670. The number of nitrogens with zero attached hydrogens (tertiary/aromatic N) is 2. The van der Waals surface area contributed by atoms with E-state index >= 15 is 0 Å². The molecule has 2 atom stereocenters. The number of aromatic amines is 1. The van der Waals surface area contributed by atoms with E-state index in [4.69, 9.17) is 27.9 Å². The summed E-state index contributed by atoms with van der Waals surface area (Å²) in [5, 5.41) is 19.3. The van der Waals surface area contributed by atoms with Gasteiger partial charge in [-0.25, -0.2) is 0 Å². The smallest absolute Gasteiger partial charge is 0.306 e. The number of hydrogen-bond acceptors (Lipinski definition) is 4. The average Bonchev–Trinajstić information content (AvgIpc) is 3.62. The van der Waals surface area contributed by atoms with Gasteiger partial charge in [-0.3, -0.25) is 14.3 Å². The number of carboxylic acid groups (broad SMARTS) is 1. The van der Waals surface area contributed by atoms with Gasteiger partial charge in [0.05, 0.1) is 28.8 Å². The molecule has 0 unspecified atom stereocenters. The van der Waals surface area contributed by atoms with Crippen molar-refractivity contribution < 1.29 is 19.4 Å². The number of aromatic nitrogens is 3. The first-order valence-electron chi connectivity index (χ1n) is 14.2. The number of hydrogen-bond donors (Lipinski definition) is 3. The molecule has 222 valence electrons. The van der Waals surface area contributed by atoms with Crippen LogP contribution in [0, 0.1) is 33.6 Å². The van der Waals surface area contributed by atoms with E-state index in [1.54, 1.807) is 0 Å². The van der Waals surface area contributed by atoms with Crippen LogP contribution in [0.15, 0.2) is 24.3 Å². The Balaban J connectivity index is 1.48. The number of H-pyrrole nitrogens is 1. The Hall–Kier alpha value is -3.49. The van der Waals surface area contributed by atoms with Gasteiger partial charge in [-0.05, 0) is 94.7 Å². The summed E-state index contributed by atoms with van der Waals surface area (Å²) in [6.45, 7) is 8.31. The molecule has 0 spiro atoms. The molecule has 1 saturated carbocycles. The number of nitrogens with one attached hydrogen (secondary N) is 2. The van der Waals surface area contributed by atoms with Crippen LogP contribution in [0.5, 0.6) is 5.75 Å². The highest BCUT2D eigenvalue weighted by Gasteiger charge is 2.32. The minimum atomic E-state index is -0.814. The summed E-state index contributed by atoms with van der Waals surface area (Å²) in [4.78, 5) is 28.6. The standard InChI is InChI=1S/C32H36Cl2N4O4/c1-16-13-22(14-17(2)28(16)34)42-12-6-7-23-24-10-11-25(33)27(26-18(3)37-38(5)19(26)4)29(24)36-30(23)31(39)35-21-9-8-20(15-21)32(40)41/h10-11,13-14,20-21,36H,6-9,12,15H2,1-5H3,(H,35,39)(H,40,41)/t20-,21+/m1/s1. The second-order valence-corrected chi connectivity index (χ2v) is 12.1. The second kappa shape index (κ2) is 12.0. The van der Waals surface area contributed by atoms with Crippen molar-refractivity contribution >= 4 is 46.0 Å². The van der Waals surface area contributed by atoms with Crippen LogP contribution < -0.4 is 10.1 Å². The lowest BCUT2D eigenvalue weighted by molar-refractivity contribution is -0.141. The molecule has 1 aliphatic rings. The van der Waals surface area contributed by atoms with Gasteiger partial charge in [0.25, 0.3) is 5.91 Å². The molecule has 0 bridgehead atoms. The third kappa shape index (κ3) is 5.75. The molecule has 0 radical (unpaired) electrons. The predicted octanol–water partition coefficient (Wildman–Crippen LogP) is 7.10. The lowest BCUT2D eigenvalue weighted by Gasteiger charge is -2.13. The maximum atomic E-state index is 13.7. The first-order valence-corrected chi connectivity index (χ1v) is 15.0. The Morgan fingerprint density at radius 2 is 1.83 bits per heavy atom. The van der Waals surface area contributed by atoms with Gasteiger partial charge >= 0.3 is 5.97 Å². The van der Waals surface area contributed by atoms with Crippen molar-refractivity contribution in [3.63, 3.8) is 0 Å². The van der Waals surface area contributed by atoms with Crippen LogP contribution >= 0.6 is 23.2 Å². The molecule has 2 aromatic carbocycles. The highest BCUT2D eigenvalue weighted by atomic mass is 35.5. The number of halogens is 2. The topological polar surface area (TPSA) is 109 Å². The summed E-state index contributed by atoms with van der Waals surface area (Å²) in [6.07, 6.45) is 2.87. The molecule has 0 saturated heterocycles. The Morgan fingerprint density at radius 3 is 2.45 bits per heavy atom.